The minimum Gasteiger partial charge on any atom is -0.308 e. The van der Waals surface area contributed by atoms with Crippen molar-refractivity contribution in [1.29, 1.82) is 0 Å². The smallest absolute Gasteiger partial charge is 0.197 e. The zero-order valence-electron chi connectivity index (χ0n) is 40.2. The first-order valence-electron chi connectivity index (χ1n) is 23.0. The topological polar surface area (TPSA) is 44.0 Å². The second-order valence-electron chi connectivity index (χ2n) is 21.2. The van der Waals surface area contributed by atoms with Crippen LogP contribution in [0.25, 0.3) is 55.0 Å². The van der Waals surface area contributed by atoms with E-state index < -0.39 is 0 Å². The molecular formula is C57H70N2O2. The number of rotatable bonds is 9. The summed E-state index contributed by atoms with van der Waals surface area (Å²) in [5.41, 5.74) is 15.3. The Morgan fingerprint density at radius 1 is 0.361 bits per heavy atom. The predicted molar refractivity (Wildman–Crippen MR) is 265 cm³/mol. The van der Waals surface area contributed by atoms with Gasteiger partial charge in [0.05, 0.1) is 33.4 Å². The van der Waals surface area contributed by atoms with Gasteiger partial charge in [-0.2, -0.15) is 0 Å². The largest absolute Gasteiger partial charge is 0.308 e. The Morgan fingerprint density at radius 3 is 1.02 bits per heavy atom. The van der Waals surface area contributed by atoms with Crippen molar-refractivity contribution in [1.82, 2.24) is 9.13 Å². The Hall–Kier alpha value is -4.96. The molecule has 7 rings (SSSR count). The molecular weight excluding hydrogens is 745 g/mol. The van der Waals surface area contributed by atoms with Crippen molar-refractivity contribution in [2.75, 3.05) is 0 Å². The van der Waals surface area contributed by atoms with E-state index in [1.54, 1.807) is 0 Å². The van der Waals surface area contributed by atoms with Crippen LogP contribution in [0.15, 0.2) is 82.4 Å². The van der Waals surface area contributed by atoms with Gasteiger partial charge in [0.1, 0.15) is 0 Å². The molecule has 4 heteroatoms. The SMILES string of the molecule is CC(C)c1cc(C(C)C)c(-n2c3cc(C(C)C)ccc3c(=O)c3cc4c(cc32)c(=O)c2ccc(C(C)(C)C)cc2n4-c2c(C(C)C)cc(C(C)C)cc2C(C)C)c(C(C)C)c1. The maximum absolute atomic E-state index is 15.4. The number of pyridine rings is 2. The molecule has 0 bridgehead atoms. The van der Waals surface area contributed by atoms with Gasteiger partial charge in [-0.15, -0.1) is 0 Å². The third-order valence-corrected chi connectivity index (χ3v) is 13.3. The lowest BCUT2D eigenvalue weighted by Gasteiger charge is -2.29. The van der Waals surface area contributed by atoms with Crippen molar-refractivity contribution >= 4 is 43.6 Å². The molecule has 2 heterocycles. The molecule has 0 aliphatic carbocycles. The lowest BCUT2D eigenvalue weighted by atomic mass is 9.85. The molecule has 0 radical (unpaired) electrons. The first kappa shape index (κ1) is 44.1. The normalized spacial score (nSPS) is 12.9. The highest BCUT2D eigenvalue weighted by molar-refractivity contribution is 6.06. The standard InChI is InChI=1S/C57H70N2O2/c1-30(2)37-18-20-41-49(26-37)58(53-43(33(7)8)22-38(31(3)4)23-44(53)34(9)10)51-28-48-52(29-47(51)55(41)60)59(50-27-40(57(15,16)17)19-21-42(50)56(48)61)54-45(35(11)12)24-39(32(5)6)25-46(54)36(13)14/h18-36H,1-17H3. The molecule has 0 atom stereocenters. The fourth-order valence-corrected chi connectivity index (χ4v) is 9.35. The molecule has 0 spiro atoms. The van der Waals surface area contributed by atoms with Crippen molar-refractivity contribution in [2.24, 2.45) is 0 Å². The minimum atomic E-state index is -0.147. The fraction of sp³-hybridized carbons (Fsp3) is 0.439. The van der Waals surface area contributed by atoms with Gasteiger partial charge in [-0.25, -0.2) is 0 Å². The highest BCUT2D eigenvalue weighted by atomic mass is 16.1. The van der Waals surface area contributed by atoms with Crippen LogP contribution in [0.4, 0.5) is 0 Å². The number of nitrogens with zero attached hydrogens (tertiary/aromatic N) is 2. The van der Waals surface area contributed by atoms with Gasteiger partial charge in [0.25, 0.3) is 0 Å². The molecule has 7 aromatic rings. The maximum atomic E-state index is 15.4. The average molecular weight is 815 g/mol. The lowest BCUT2D eigenvalue weighted by Crippen LogP contribution is -2.19. The Balaban J connectivity index is 1.82. The molecule has 0 unspecified atom stereocenters. The van der Waals surface area contributed by atoms with Crippen molar-refractivity contribution in [3.05, 3.63) is 138 Å². The zero-order valence-corrected chi connectivity index (χ0v) is 40.2. The Bertz CT molecular complexity index is 2920. The van der Waals surface area contributed by atoms with E-state index in [4.69, 9.17) is 0 Å². The van der Waals surface area contributed by atoms with E-state index in [0.29, 0.717) is 33.4 Å². The number of fused-ring (bicyclic) bond motifs is 4. The molecule has 5 aromatic carbocycles. The zero-order chi connectivity index (χ0) is 44.7. The molecule has 320 valence electrons. The van der Waals surface area contributed by atoms with Gasteiger partial charge in [-0.05, 0) is 128 Å². The quantitative estimate of drug-likeness (QED) is 0.136. The van der Waals surface area contributed by atoms with E-state index in [0.717, 1.165) is 39.0 Å². The van der Waals surface area contributed by atoms with Crippen molar-refractivity contribution < 1.29 is 0 Å². The van der Waals surface area contributed by atoms with Crippen LogP contribution in [0, 0.1) is 0 Å². The molecule has 0 fully saturated rings. The molecule has 0 aliphatic heterocycles. The van der Waals surface area contributed by atoms with E-state index in [-0.39, 0.29) is 45.9 Å². The molecule has 2 aromatic heterocycles. The minimum absolute atomic E-state index is 0.0136. The van der Waals surface area contributed by atoms with Gasteiger partial charge in [0.2, 0.25) is 0 Å². The summed E-state index contributed by atoms with van der Waals surface area (Å²) >= 11 is 0. The molecule has 0 aliphatic rings. The predicted octanol–water partition coefficient (Wildman–Crippen LogP) is 15.8. The number of hydrogen-bond donors (Lipinski definition) is 0. The van der Waals surface area contributed by atoms with Gasteiger partial charge in [0, 0.05) is 21.5 Å². The van der Waals surface area contributed by atoms with Gasteiger partial charge in [-0.3, -0.25) is 9.59 Å². The van der Waals surface area contributed by atoms with Gasteiger partial charge in [-0.1, -0.05) is 154 Å². The third-order valence-electron chi connectivity index (χ3n) is 13.3. The first-order chi connectivity index (χ1) is 28.5. The first-order valence-corrected chi connectivity index (χ1v) is 23.0. The monoisotopic (exact) mass is 815 g/mol. The molecule has 4 nitrogen and oxygen atoms in total. The fourth-order valence-electron chi connectivity index (χ4n) is 9.35. The van der Waals surface area contributed by atoms with E-state index >= 15 is 9.59 Å². The van der Waals surface area contributed by atoms with Crippen molar-refractivity contribution in [3.8, 4) is 11.4 Å². The summed E-state index contributed by atoms with van der Waals surface area (Å²) in [4.78, 5) is 30.7. The highest BCUT2D eigenvalue weighted by Gasteiger charge is 2.27. The van der Waals surface area contributed by atoms with Crippen molar-refractivity contribution in [3.63, 3.8) is 0 Å². The Morgan fingerprint density at radius 2 is 0.689 bits per heavy atom. The number of aromatic nitrogens is 2. The summed E-state index contributed by atoms with van der Waals surface area (Å²) in [5.74, 6) is 1.80. The average Bonchev–Trinajstić information content (AvgIpc) is 3.19. The van der Waals surface area contributed by atoms with Crippen LogP contribution < -0.4 is 10.9 Å². The summed E-state index contributed by atoms with van der Waals surface area (Å²) in [6, 6.07) is 26.5. The van der Waals surface area contributed by atoms with E-state index in [9.17, 15) is 0 Å². The molecule has 0 amide bonds. The number of hydrogen-bond acceptors (Lipinski definition) is 2. The van der Waals surface area contributed by atoms with Crippen LogP contribution in [0.5, 0.6) is 0 Å². The van der Waals surface area contributed by atoms with Crippen LogP contribution >= 0.6 is 0 Å². The van der Waals surface area contributed by atoms with Gasteiger partial charge < -0.3 is 9.13 Å². The second kappa shape index (κ2) is 16.1. The van der Waals surface area contributed by atoms with Crippen LogP contribution in [0.3, 0.4) is 0 Å². The van der Waals surface area contributed by atoms with E-state index in [1.807, 2.05) is 12.1 Å². The van der Waals surface area contributed by atoms with E-state index in [1.165, 1.54) is 38.9 Å². The highest BCUT2D eigenvalue weighted by Crippen LogP contribution is 2.42. The van der Waals surface area contributed by atoms with Crippen LogP contribution in [0.2, 0.25) is 0 Å². The summed E-state index contributed by atoms with van der Waals surface area (Å²) in [6.07, 6.45) is 0. The van der Waals surface area contributed by atoms with E-state index in [2.05, 4.69) is 188 Å². The van der Waals surface area contributed by atoms with Crippen LogP contribution in [-0.4, -0.2) is 9.13 Å². The molecule has 0 saturated heterocycles. The van der Waals surface area contributed by atoms with Crippen LogP contribution in [-0.2, 0) is 5.41 Å². The Labute approximate surface area is 365 Å². The second-order valence-corrected chi connectivity index (χ2v) is 21.2. The third kappa shape index (κ3) is 7.57. The summed E-state index contributed by atoms with van der Waals surface area (Å²) in [6.45, 7) is 38.3. The van der Waals surface area contributed by atoms with Gasteiger partial charge in [0.15, 0.2) is 10.9 Å². The summed E-state index contributed by atoms with van der Waals surface area (Å²) in [5, 5.41) is 2.60. The molecule has 0 N–H and O–H groups in total. The van der Waals surface area contributed by atoms with Crippen molar-refractivity contribution in [2.45, 2.75) is 165 Å². The molecule has 0 saturated carbocycles. The maximum Gasteiger partial charge on any atom is 0.197 e. The summed E-state index contributed by atoms with van der Waals surface area (Å²) < 4.78 is 4.72. The summed E-state index contributed by atoms with van der Waals surface area (Å²) in [7, 11) is 0. The Kier molecular flexibility index (Phi) is 11.6. The number of benzene rings is 5. The van der Waals surface area contributed by atoms with Crippen LogP contribution in [0.1, 0.15) is 204 Å². The van der Waals surface area contributed by atoms with Gasteiger partial charge >= 0.3 is 0 Å². The molecule has 61 heavy (non-hydrogen) atoms. The lowest BCUT2D eigenvalue weighted by molar-refractivity contribution is 0.591.